The molecule has 0 atom stereocenters. The highest BCUT2D eigenvalue weighted by atomic mass is 14.8. The van der Waals surface area contributed by atoms with Crippen LogP contribution in [0.4, 0.5) is 0 Å². The van der Waals surface area contributed by atoms with Crippen molar-refractivity contribution in [3.05, 3.63) is 191 Å². The average molecular weight is 693 g/mol. The Kier molecular flexibility index (Phi) is 8.81. The van der Waals surface area contributed by atoms with Crippen LogP contribution in [0.15, 0.2) is 146 Å². The minimum atomic E-state index is 0.747. The number of hydrogen-bond donors (Lipinski definition) is 0. The summed E-state index contributed by atoms with van der Waals surface area (Å²) in [5.41, 5.74) is 11.0. The lowest BCUT2D eigenvalue weighted by molar-refractivity contribution is 1.12. The van der Waals surface area contributed by atoms with Crippen molar-refractivity contribution < 1.29 is 0 Å². The van der Waals surface area contributed by atoms with Gasteiger partial charge in [-0.05, 0) is 119 Å². The third-order valence-electron chi connectivity index (χ3n) is 9.25. The summed E-state index contributed by atoms with van der Waals surface area (Å²) in [6.07, 6.45) is 23.7. The molecule has 0 saturated carbocycles. The van der Waals surface area contributed by atoms with Crippen LogP contribution in [-0.2, 0) is 0 Å². The Bertz CT molecular complexity index is 2560. The molecule has 0 amide bonds. The van der Waals surface area contributed by atoms with Crippen LogP contribution in [0.5, 0.6) is 0 Å². The number of nitrogens with zero attached hydrogens (tertiary/aromatic N) is 6. The first-order valence-corrected chi connectivity index (χ1v) is 17.7. The van der Waals surface area contributed by atoms with Gasteiger partial charge < -0.3 is 0 Å². The predicted molar refractivity (Wildman–Crippen MR) is 225 cm³/mol. The van der Waals surface area contributed by atoms with Crippen molar-refractivity contribution in [1.82, 2.24) is 29.9 Å². The van der Waals surface area contributed by atoms with Crippen molar-refractivity contribution >= 4 is 92.2 Å². The molecule has 0 fully saturated rings. The van der Waals surface area contributed by atoms with E-state index in [4.69, 9.17) is 9.97 Å². The van der Waals surface area contributed by atoms with Crippen LogP contribution in [-0.4, -0.2) is 29.9 Å². The molecule has 6 heteroatoms. The highest BCUT2D eigenvalue weighted by molar-refractivity contribution is 5.88. The average Bonchev–Trinajstić information content (AvgIpc) is 3.23. The molecule has 0 aliphatic rings. The first-order valence-electron chi connectivity index (χ1n) is 17.7. The summed E-state index contributed by atoms with van der Waals surface area (Å²) in [6.45, 7) is 0. The lowest BCUT2D eigenvalue weighted by Crippen LogP contribution is -2.00. The van der Waals surface area contributed by atoms with Gasteiger partial charge in [-0.3, -0.25) is 19.9 Å². The van der Waals surface area contributed by atoms with Gasteiger partial charge in [0.25, 0.3) is 0 Å². The number of hydrogen-bond acceptors (Lipinski definition) is 6. The van der Waals surface area contributed by atoms with E-state index in [1.54, 1.807) is 0 Å². The zero-order valence-corrected chi connectivity index (χ0v) is 29.2. The molecule has 0 radical (unpaired) electrons. The van der Waals surface area contributed by atoms with E-state index in [1.165, 1.54) is 0 Å². The van der Waals surface area contributed by atoms with Crippen molar-refractivity contribution in [2.45, 2.75) is 0 Å². The second kappa shape index (κ2) is 14.7. The lowest BCUT2D eigenvalue weighted by atomic mass is 10.1. The van der Waals surface area contributed by atoms with Gasteiger partial charge in [0.1, 0.15) is 0 Å². The molecule has 0 aliphatic carbocycles. The second-order valence-corrected chi connectivity index (χ2v) is 12.9. The molecule has 54 heavy (non-hydrogen) atoms. The van der Waals surface area contributed by atoms with Crippen LogP contribution in [0.3, 0.4) is 0 Å². The molecule has 9 aromatic rings. The molecule has 0 unspecified atom stereocenters. The molecule has 4 aromatic carbocycles. The molecule has 0 saturated heterocycles. The summed E-state index contributed by atoms with van der Waals surface area (Å²) < 4.78 is 0. The maximum absolute atomic E-state index is 5.27. The molecular formula is C48H32N6. The van der Waals surface area contributed by atoms with Crippen LogP contribution in [0.2, 0.25) is 0 Å². The Morgan fingerprint density at radius 1 is 0.278 bits per heavy atom. The zero-order chi connectivity index (χ0) is 36.1. The van der Waals surface area contributed by atoms with Gasteiger partial charge in [0.05, 0.1) is 44.8 Å². The summed E-state index contributed by atoms with van der Waals surface area (Å²) in [4.78, 5) is 28.5. The summed E-state index contributed by atoms with van der Waals surface area (Å²) in [7, 11) is 0. The number of benzene rings is 4. The molecule has 5 heterocycles. The fourth-order valence-electron chi connectivity index (χ4n) is 6.47. The second-order valence-electron chi connectivity index (χ2n) is 12.9. The normalized spacial score (nSPS) is 12.1. The number of aromatic nitrogens is 6. The molecule has 5 aromatic heterocycles. The van der Waals surface area contributed by atoms with E-state index in [-0.39, 0.29) is 0 Å². The monoisotopic (exact) mass is 692 g/mol. The molecule has 0 spiro atoms. The smallest absolute Gasteiger partial charge is 0.0894 e. The Balaban J connectivity index is 1.16. The van der Waals surface area contributed by atoms with Crippen LogP contribution in [0.25, 0.3) is 92.2 Å². The Morgan fingerprint density at radius 2 is 0.537 bits per heavy atom. The summed E-state index contributed by atoms with van der Waals surface area (Å²) in [6, 6.07) is 41.1. The van der Waals surface area contributed by atoms with E-state index in [2.05, 4.69) is 117 Å². The van der Waals surface area contributed by atoms with E-state index in [0.29, 0.717) is 0 Å². The van der Waals surface area contributed by atoms with Crippen molar-refractivity contribution in [2.24, 2.45) is 0 Å². The van der Waals surface area contributed by atoms with Crippen LogP contribution >= 0.6 is 0 Å². The topological polar surface area (TPSA) is 77.3 Å². The van der Waals surface area contributed by atoms with E-state index < -0.39 is 0 Å². The summed E-state index contributed by atoms with van der Waals surface area (Å²) >= 11 is 0. The molecule has 6 nitrogen and oxygen atoms in total. The Morgan fingerprint density at radius 3 is 0.796 bits per heavy atom. The molecule has 254 valence electrons. The van der Waals surface area contributed by atoms with Crippen LogP contribution in [0, 0.1) is 0 Å². The van der Waals surface area contributed by atoms with Crippen LogP contribution in [0.1, 0.15) is 45.0 Å². The van der Waals surface area contributed by atoms with E-state index in [9.17, 15) is 0 Å². The quantitative estimate of drug-likeness (QED) is 0.158. The maximum Gasteiger partial charge on any atom is 0.0894 e. The third-order valence-corrected chi connectivity index (χ3v) is 9.25. The van der Waals surface area contributed by atoms with Gasteiger partial charge in [0.2, 0.25) is 0 Å². The van der Waals surface area contributed by atoms with E-state index in [1.807, 2.05) is 97.6 Å². The number of rotatable bonds is 8. The zero-order valence-electron chi connectivity index (χ0n) is 29.2. The molecule has 0 bridgehead atoms. The highest BCUT2D eigenvalue weighted by Gasteiger charge is 2.09. The molecule has 0 aliphatic heterocycles. The summed E-state index contributed by atoms with van der Waals surface area (Å²) in [5.74, 6) is 0. The number of pyridine rings is 4. The lowest BCUT2D eigenvalue weighted by Gasteiger charge is -2.08. The van der Waals surface area contributed by atoms with Crippen LogP contribution < -0.4 is 0 Å². The maximum atomic E-state index is 5.27. The standard InChI is InChI=1S/C48H32N6/c1-5-37-29-33(9-17-41(37)49-25-1)13-21-45-46(22-14-34-10-18-42-38(30-34)6-2-26-50-42)54-48(24-16-36-12-20-44-40(32-36)8-4-28-52-44)47(53-45)23-15-35-11-19-43-39(31-35)7-3-27-51-43/h1-32H/b21-13+,22-14+,23-15+,24-16+. The third kappa shape index (κ3) is 7.17. The van der Waals surface area contributed by atoms with Gasteiger partial charge in [-0.25, -0.2) is 9.97 Å². The highest BCUT2D eigenvalue weighted by Crippen LogP contribution is 2.24. The van der Waals surface area contributed by atoms with E-state index >= 15 is 0 Å². The van der Waals surface area contributed by atoms with Crippen molar-refractivity contribution in [2.75, 3.05) is 0 Å². The molecular weight excluding hydrogens is 661 g/mol. The molecule has 0 N–H and O–H groups in total. The number of fused-ring (bicyclic) bond motifs is 4. The predicted octanol–water partition coefficient (Wildman–Crippen LogP) is 11.4. The van der Waals surface area contributed by atoms with Gasteiger partial charge in [-0.1, -0.05) is 72.8 Å². The van der Waals surface area contributed by atoms with Crippen molar-refractivity contribution in [3.8, 4) is 0 Å². The van der Waals surface area contributed by atoms with Gasteiger partial charge in [-0.15, -0.1) is 0 Å². The largest absolute Gasteiger partial charge is 0.256 e. The SMILES string of the molecule is C(=C\c1nc(/C=C/c2ccc3ncccc3c2)c(/C=C/c2ccc3ncccc3c2)nc1/C=C/c1ccc2ncccc2c1)/c1ccc2ncccc2c1. The van der Waals surface area contributed by atoms with Gasteiger partial charge in [0, 0.05) is 46.3 Å². The Hall–Kier alpha value is -7.44. The Labute approximate surface area is 312 Å². The van der Waals surface area contributed by atoms with Gasteiger partial charge in [0.15, 0.2) is 0 Å². The minimum Gasteiger partial charge on any atom is -0.256 e. The summed E-state index contributed by atoms with van der Waals surface area (Å²) in [5, 5.41) is 4.32. The first kappa shape index (κ1) is 32.5. The fourth-order valence-corrected chi connectivity index (χ4v) is 6.47. The fraction of sp³-hybridized carbons (Fsp3) is 0. The molecule has 9 rings (SSSR count). The minimum absolute atomic E-state index is 0.747. The van der Waals surface area contributed by atoms with Crippen molar-refractivity contribution in [1.29, 1.82) is 0 Å². The van der Waals surface area contributed by atoms with E-state index in [0.717, 1.165) is 88.6 Å². The van der Waals surface area contributed by atoms with Crippen molar-refractivity contribution in [3.63, 3.8) is 0 Å². The first-order chi connectivity index (χ1) is 26.7. The van der Waals surface area contributed by atoms with Gasteiger partial charge in [-0.2, -0.15) is 0 Å². The van der Waals surface area contributed by atoms with Gasteiger partial charge >= 0.3 is 0 Å².